The summed E-state index contributed by atoms with van der Waals surface area (Å²) in [6, 6.07) is 4.06. The second kappa shape index (κ2) is 5.62. The maximum Gasteiger partial charge on any atom is 0.388 e. The number of methoxy groups -OCH3 is 1. The van der Waals surface area contributed by atoms with E-state index in [1.54, 1.807) is 0 Å². The number of aromatic nitrogens is 2. The van der Waals surface area contributed by atoms with Crippen LogP contribution in [0.2, 0.25) is 5.02 Å². The summed E-state index contributed by atoms with van der Waals surface area (Å²) in [6.45, 7) is -3.04. The molecule has 0 bridgehead atoms. The molecule has 0 saturated carbocycles. The Labute approximate surface area is 117 Å². The highest BCUT2D eigenvalue weighted by Gasteiger charge is 2.22. The first-order valence-electron chi connectivity index (χ1n) is 5.45. The van der Waals surface area contributed by atoms with Crippen molar-refractivity contribution in [2.75, 3.05) is 7.11 Å². The molecule has 0 atom stereocenters. The van der Waals surface area contributed by atoms with Crippen LogP contribution in [-0.4, -0.2) is 23.5 Å². The van der Waals surface area contributed by atoms with Gasteiger partial charge in [-0.1, -0.05) is 11.6 Å². The third-order valence-electron chi connectivity index (χ3n) is 2.57. The first kappa shape index (κ1) is 14.5. The van der Waals surface area contributed by atoms with Gasteiger partial charge in [0.1, 0.15) is 22.3 Å². The lowest BCUT2D eigenvalue weighted by Gasteiger charge is -2.04. The normalized spacial score (nSPS) is 10.9. The molecule has 108 valence electrons. The largest absolute Gasteiger partial charge is 0.497 e. The molecule has 1 heterocycles. The van der Waals surface area contributed by atoms with E-state index in [2.05, 4.69) is 9.84 Å². The van der Waals surface area contributed by atoms with Crippen LogP contribution < -0.4 is 9.47 Å². The third-order valence-corrected chi connectivity index (χ3v) is 2.91. The van der Waals surface area contributed by atoms with Gasteiger partial charge in [0.05, 0.1) is 7.11 Å². The van der Waals surface area contributed by atoms with Crippen LogP contribution >= 0.6 is 11.6 Å². The van der Waals surface area contributed by atoms with Crippen LogP contribution in [-0.2, 0) is 7.05 Å². The lowest BCUT2D eigenvalue weighted by atomic mass is 10.1. The third kappa shape index (κ3) is 2.67. The highest BCUT2D eigenvalue weighted by Crippen LogP contribution is 2.37. The van der Waals surface area contributed by atoms with Gasteiger partial charge in [-0.25, -0.2) is 9.07 Å². The van der Waals surface area contributed by atoms with E-state index in [0.717, 1.165) is 10.7 Å². The number of hydrogen-bond donors (Lipinski definition) is 0. The topological polar surface area (TPSA) is 36.3 Å². The van der Waals surface area contributed by atoms with Gasteiger partial charge < -0.3 is 9.47 Å². The quantitative estimate of drug-likeness (QED) is 0.867. The van der Waals surface area contributed by atoms with E-state index in [0.29, 0.717) is 5.75 Å². The molecule has 0 aliphatic rings. The monoisotopic (exact) mass is 306 g/mol. The van der Waals surface area contributed by atoms with Gasteiger partial charge in [0, 0.05) is 18.7 Å². The second-order valence-corrected chi connectivity index (χ2v) is 4.19. The Morgan fingerprint density at radius 3 is 2.60 bits per heavy atom. The van der Waals surface area contributed by atoms with E-state index in [4.69, 9.17) is 16.3 Å². The molecular weight excluding hydrogens is 297 g/mol. The van der Waals surface area contributed by atoms with E-state index in [1.807, 2.05) is 0 Å². The van der Waals surface area contributed by atoms with Gasteiger partial charge in [-0.2, -0.15) is 13.9 Å². The summed E-state index contributed by atoms with van der Waals surface area (Å²) in [5.41, 5.74) is 0.0838. The zero-order valence-corrected chi connectivity index (χ0v) is 11.3. The first-order valence-corrected chi connectivity index (χ1v) is 5.83. The number of aryl methyl sites for hydroxylation is 1. The van der Waals surface area contributed by atoms with Crippen molar-refractivity contribution in [1.29, 1.82) is 0 Å². The van der Waals surface area contributed by atoms with Gasteiger partial charge in [-0.3, -0.25) is 0 Å². The van der Waals surface area contributed by atoms with Gasteiger partial charge in [0.15, 0.2) is 0 Å². The van der Waals surface area contributed by atoms with E-state index in [1.165, 1.54) is 26.3 Å². The fourth-order valence-corrected chi connectivity index (χ4v) is 1.99. The van der Waals surface area contributed by atoms with Gasteiger partial charge >= 0.3 is 6.61 Å². The van der Waals surface area contributed by atoms with Crippen LogP contribution in [0.15, 0.2) is 18.2 Å². The van der Waals surface area contributed by atoms with E-state index in [9.17, 15) is 13.2 Å². The first-order chi connectivity index (χ1) is 9.43. The minimum atomic E-state index is -3.04. The molecule has 0 N–H and O–H groups in total. The summed E-state index contributed by atoms with van der Waals surface area (Å²) < 4.78 is 48.6. The zero-order valence-electron chi connectivity index (χ0n) is 10.5. The number of alkyl halides is 2. The zero-order chi connectivity index (χ0) is 14.9. The lowest BCUT2D eigenvalue weighted by Crippen LogP contribution is -2.06. The Balaban J connectivity index is 2.48. The summed E-state index contributed by atoms with van der Waals surface area (Å²) in [5.74, 6) is -0.637. The van der Waals surface area contributed by atoms with Crippen LogP contribution in [0.1, 0.15) is 0 Å². The van der Waals surface area contributed by atoms with Gasteiger partial charge in [-0.15, -0.1) is 0 Å². The van der Waals surface area contributed by atoms with E-state index in [-0.39, 0.29) is 22.2 Å². The van der Waals surface area contributed by atoms with Crippen molar-refractivity contribution < 1.29 is 22.6 Å². The maximum atomic E-state index is 13.9. The van der Waals surface area contributed by atoms with Crippen LogP contribution in [0, 0.1) is 5.82 Å². The van der Waals surface area contributed by atoms with Crippen molar-refractivity contribution in [3.05, 3.63) is 29.0 Å². The number of hydrogen-bond acceptors (Lipinski definition) is 3. The average molecular weight is 307 g/mol. The highest BCUT2D eigenvalue weighted by molar-refractivity contribution is 6.34. The molecule has 0 aliphatic heterocycles. The van der Waals surface area contributed by atoms with Gasteiger partial charge in [0.2, 0.25) is 5.88 Å². The molecular formula is C12H10ClF3N2O2. The van der Waals surface area contributed by atoms with Gasteiger partial charge in [0.25, 0.3) is 0 Å². The molecule has 0 radical (unpaired) electrons. The van der Waals surface area contributed by atoms with Crippen molar-refractivity contribution in [2.45, 2.75) is 6.61 Å². The fourth-order valence-electron chi connectivity index (χ4n) is 1.68. The molecule has 0 unspecified atom stereocenters. The molecule has 1 aromatic heterocycles. The van der Waals surface area contributed by atoms with Crippen molar-refractivity contribution in [3.8, 4) is 22.9 Å². The Morgan fingerprint density at radius 1 is 1.35 bits per heavy atom. The Kier molecular flexibility index (Phi) is 4.08. The SMILES string of the molecule is COc1ccc(-c2nn(C)c(OC(F)F)c2Cl)c(F)c1. The lowest BCUT2D eigenvalue weighted by molar-refractivity contribution is -0.0552. The predicted molar refractivity (Wildman–Crippen MR) is 66.8 cm³/mol. The Morgan fingerprint density at radius 2 is 2.05 bits per heavy atom. The van der Waals surface area contributed by atoms with Crippen LogP contribution in [0.4, 0.5) is 13.2 Å². The number of benzene rings is 1. The van der Waals surface area contributed by atoms with Gasteiger partial charge in [-0.05, 0) is 12.1 Å². The van der Waals surface area contributed by atoms with E-state index < -0.39 is 12.4 Å². The minimum Gasteiger partial charge on any atom is -0.497 e. The van der Waals surface area contributed by atoms with Crippen LogP contribution in [0.3, 0.4) is 0 Å². The summed E-state index contributed by atoms with van der Waals surface area (Å²) >= 11 is 5.91. The number of nitrogens with zero attached hydrogens (tertiary/aromatic N) is 2. The molecule has 2 aromatic rings. The molecule has 8 heteroatoms. The minimum absolute atomic E-state index is 0.0185. The molecule has 0 fully saturated rings. The maximum absolute atomic E-state index is 13.9. The van der Waals surface area contributed by atoms with Crippen LogP contribution in [0.25, 0.3) is 11.3 Å². The second-order valence-electron chi connectivity index (χ2n) is 3.82. The highest BCUT2D eigenvalue weighted by atomic mass is 35.5. The molecule has 0 aliphatic carbocycles. The Hall–Kier alpha value is -1.89. The van der Waals surface area contributed by atoms with Crippen molar-refractivity contribution in [2.24, 2.45) is 7.05 Å². The van der Waals surface area contributed by atoms with Crippen LogP contribution in [0.5, 0.6) is 11.6 Å². The molecule has 0 amide bonds. The molecule has 1 aromatic carbocycles. The standard InChI is InChI=1S/C12H10ClF3N2O2/c1-18-11(20-12(15)16)9(13)10(17-18)7-4-3-6(19-2)5-8(7)14/h3-5,12H,1-2H3. The molecule has 2 rings (SSSR count). The number of halogens is 4. The summed E-state index contributed by atoms with van der Waals surface area (Å²) in [4.78, 5) is 0. The summed E-state index contributed by atoms with van der Waals surface area (Å²) in [5, 5.41) is 3.71. The number of rotatable bonds is 4. The molecule has 20 heavy (non-hydrogen) atoms. The number of ether oxygens (including phenoxy) is 2. The molecule has 0 spiro atoms. The molecule has 4 nitrogen and oxygen atoms in total. The van der Waals surface area contributed by atoms with E-state index >= 15 is 0 Å². The fraction of sp³-hybridized carbons (Fsp3) is 0.250. The average Bonchev–Trinajstić information content (AvgIpc) is 2.66. The molecule has 0 saturated heterocycles. The van der Waals surface area contributed by atoms with Crippen molar-refractivity contribution >= 4 is 11.6 Å². The summed E-state index contributed by atoms with van der Waals surface area (Å²) in [7, 11) is 2.77. The Bertz CT molecular complexity index is 631. The smallest absolute Gasteiger partial charge is 0.388 e. The van der Waals surface area contributed by atoms with Crippen molar-refractivity contribution in [3.63, 3.8) is 0 Å². The van der Waals surface area contributed by atoms with Crippen molar-refractivity contribution in [1.82, 2.24) is 9.78 Å². The summed E-state index contributed by atoms with van der Waals surface area (Å²) in [6.07, 6.45) is 0. The predicted octanol–water partition coefficient (Wildman–Crippen LogP) is 3.49.